The molecule has 21 heavy (non-hydrogen) atoms. The molecule has 0 saturated heterocycles. The summed E-state index contributed by atoms with van der Waals surface area (Å²) in [5, 5.41) is 22.6. The number of carboxylic acid groups (broad SMARTS) is 1. The van der Waals surface area contributed by atoms with Crippen molar-refractivity contribution in [2.45, 2.75) is 39.5 Å². The molecule has 0 amide bonds. The second-order valence-corrected chi connectivity index (χ2v) is 5.18. The van der Waals surface area contributed by atoms with Crippen LogP contribution in [-0.2, 0) is 4.79 Å². The Kier molecular flexibility index (Phi) is 6.65. The van der Waals surface area contributed by atoms with Gasteiger partial charge in [-0.1, -0.05) is 13.3 Å². The van der Waals surface area contributed by atoms with Crippen molar-refractivity contribution in [2.24, 2.45) is 5.92 Å². The van der Waals surface area contributed by atoms with Gasteiger partial charge in [-0.3, -0.25) is 14.9 Å². The predicted molar refractivity (Wildman–Crippen MR) is 81.6 cm³/mol. The summed E-state index contributed by atoms with van der Waals surface area (Å²) in [5.41, 5.74) is 1.81. The normalized spacial score (nSPS) is 11.9. The van der Waals surface area contributed by atoms with Crippen molar-refractivity contribution in [2.75, 3.05) is 11.9 Å². The third-order valence-corrected chi connectivity index (χ3v) is 3.63. The fourth-order valence-electron chi connectivity index (χ4n) is 2.25. The number of anilines is 1. The minimum absolute atomic E-state index is 0.0888. The van der Waals surface area contributed by atoms with Crippen molar-refractivity contribution in [1.29, 1.82) is 0 Å². The van der Waals surface area contributed by atoms with E-state index < -0.39 is 10.9 Å². The van der Waals surface area contributed by atoms with Crippen LogP contribution in [0.3, 0.4) is 0 Å². The predicted octanol–water partition coefficient (Wildman–Crippen LogP) is 3.60. The van der Waals surface area contributed by atoms with E-state index in [-0.39, 0.29) is 12.1 Å². The number of nitro benzene ring substituents is 1. The smallest absolute Gasteiger partial charge is 0.303 e. The zero-order valence-electron chi connectivity index (χ0n) is 12.5. The highest BCUT2D eigenvalue weighted by molar-refractivity contribution is 5.66. The third-order valence-electron chi connectivity index (χ3n) is 3.63. The Balaban J connectivity index is 2.47. The van der Waals surface area contributed by atoms with Gasteiger partial charge in [-0.2, -0.15) is 0 Å². The first kappa shape index (κ1) is 16.9. The molecular formula is C15H22N2O4. The van der Waals surface area contributed by atoms with Gasteiger partial charge >= 0.3 is 5.97 Å². The number of rotatable bonds is 9. The third kappa shape index (κ3) is 5.81. The maximum absolute atomic E-state index is 10.7. The lowest BCUT2D eigenvalue weighted by atomic mass is 9.96. The fourth-order valence-corrected chi connectivity index (χ4v) is 2.25. The maximum atomic E-state index is 10.7. The van der Waals surface area contributed by atoms with Gasteiger partial charge in [0.25, 0.3) is 5.69 Å². The van der Waals surface area contributed by atoms with Gasteiger partial charge in [0, 0.05) is 30.8 Å². The summed E-state index contributed by atoms with van der Waals surface area (Å²) in [6, 6.07) is 4.74. The summed E-state index contributed by atoms with van der Waals surface area (Å²) in [6.45, 7) is 4.62. The lowest BCUT2D eigenvalue weighted by molar-refractivity contribution is -0.384. The fraction of sp³-hybridized carbons (Fsp3) is 0.533. The number of benzene rings is 1. The van der Waals surface area contributed by atoms with Gasteiger partial charge in [0.15, 0.2) is 0 Å². The Morgan fingerprint density at radius 2 is 2.14 bits per heavy atom. The van der Waals surface area contributed by atoms with Crippen LogP contribution >= 0.6 is 0 Å². The molecule has 1 unspecified atom stereocenters. The van der Waals surface area contributed by atoms with Gasteiger partial charge in [0.1, 0.15) is 0 Å². The average Bonchev–Trinajstić information content (AvgIpc) is 2.43. The Morgan fingerprint density at radius 3 is 2.67 bits per heavy atom. The molecule has 2 N–H and O–H groups in total. The van der Waals surface area contributed by atoms with E-state index in [9.17, 15) is 14.9 Å². The largest absolute Gasteiger partial charge is 0.481 e. The molecule has 1 aromatic carbocycles. The van der Waals surface area contributed by atoms with Gasteiger partial charge < -0.3 is 10.4 Å². The first-order valence-corrected chi connectivity index (χ1v) is 7.14. The Bertz CT molecular complexity index is 502. The van der Waals surface area contributed by atoms with Crippen LogP contribution in [0.1, 0.15) is 38.2 Å². The van der Waals surface area contributed by atoms with E-state index in [0.717, 1.165) is 30.6 Å². The van der Waals surface area contributed by atoms with Crippen molar-refractivity contribution in [3.63, 3.8) is 0 Å². The number of hydrogen-bond donors (Lipinski definition) is 2. The van der Waals surface area contributed by atoms with Crippen molar-refractivity contribution >= 4 is 17.3 Å². The molecule has 1 aromatic rings. The molecule has 0 aromatic heterocycles. The molecule has 1 atom stereocenters. The molecule has 0 aliphatic heterocycles. The van der Waals surface area contributed by atoms with Crippen LogP contribution in [0.15, 0.2) is 18.2 Å². The molecular weight excluding hydrogens is 272 g/mol. The van der Waals surface area contributed by atoms with E-state index in [1.165, 1.54) is 6.07 Å². The highest BCUT2D eigenvalue weighted by Gasteiger charge is 2.10. The van der Waals surface area contributed by atoms with Crippen LogP contribution in [0, 0.1) is 23.0 Å². The van der Waals surface area contributed by atoms with E-state index in [4.69, 9.17) is 5.11 Å². The summed E-state index contributed by atoms with van der Waals surface area (Å²) in [5.74, 6) is -0.375. The summed E-state index contributed by atoms with van der Waals surface area (Å²) in [6.07, 6.45) is 2.73. The van der Waals surface area contributed by atoms with Crippen LogP contribution in [0.2, 0.25) is 0 Å². The van der Waals surface area contributed by atoms with Crippen LogP contribution in [0.4, 0.5) is 11.4 Å². The molecule has 116 valence electrons. The van der Waals surface area contributed by atoms with Gasteiger partial charge in [-0.15, -0.1) is 0 Å². The molecule has 6 nitrogen and oxygen atoms in total. The number of hydrogen-bond acceptors (Lipinski definition) is 4. The molecule has 0 saturated carbocycles. The average molecular weight is 294 g/mol. The molecule has 0 fully saturated rings. The van der Waals surface area contributed by atoms with Crippen molar-refractivity contribution in [3.8, 4) is 0 Å². The van der Waals surface area contributed by atoms with E-state index in [2.05, 4.69) is 12.2 Å². The Labute approximate surface area is 124 Å². The van der Waals surface area contributed by atoms with Crippen LogP contribution in [0.25, 0.3) is 0 Å². The van der Waals surface area contributed by atoms with Gasteiger partial charge in [-0.25, -0.2) is 0 Å². The van der Waals surface area contributed by atoms with E-state index in [0.29, 0.717) is 12.3 Å². The maximum Gasteiger partial charge on any atom is 0.303 e. The van der Waals surface area contributed by atoms with E-state index in [1.807, 2.05) is 6.92 Å². The highest BCUT2D eigenvalue weighted by Crippen LogP contribution is 2.22. The minimum atomic E-state index is -0.757. The lowest BCUT2D eigenvalue weighted by Gasteiger charge is -2.15. The number of aryl methyl sites for hydroxylation is 1. The van der Waals surface area contributed by atoms with E-state index >= 15 is 0 Å². The molecule has 0 bridgehead atoms. The molecule has 1 rings (SSSR count). The number of carbonyl (C=O) groups is 1. The van der Waals surface area contributed by atoms with Crippen molar-refractivity contribution < 1.29 is 14.8 Å². The minimum Gasteiger partial charge on any atom is -0.481 e. The zero-order chi connectivity index (χ0) is 15.8. The zero-order valence-corrected chi connectivity index (χ0v) is 12.5. The van der Waals surface area contributed by atoms with E-state index in [1.54, 1.807) is 12.1 Å². The first-order chi connectivity index (χ1) is 9.93. The molecule has 6 heteroatoms. The molecule has 0 aliphatic carbocycles. The number of nitrogens with zero attached hydrogens (tertiary/aromatic N) is 1. The quantitative estimate of drug-likeness (QED) is 0.536. The first-order valence-electron chi connectivity index (χ1n) is 7.14. The van der Waals surface area contributed by atoms with Crippen molar-refractivity contribution in [1.82, 2.24) is 0 Å². The number of nitrogens with one attached hydrogen (secondary N) is 1. The van der Waals surface area contributed by atoms with Gasteiger partial charge in [0.2, 0.25) is 0 Å². The van der Waals surface area contributed by atoms with Crippen LogP contribution in [-0.4, -0.2) is 22.5 Å². The second kappa shape index (κ2) is 8.24. The van der Waals surface area contributed by atoms with Gasteiger partial charge in [0.05, 0.1) is 4.92 Å². The highest BCUT2D eigenvalue weighted by atomic mass is 16.6. The number of non-ortho nitro benzene ring substituents is 1. The summed E-state index contributed by atoms with van der Waals surface area (Å²) in [4.78, 5) is 20.8. The Morgan fingerprint density at radius 1 is 1.43 bits per heavy atom. The summed E-state index contributed by atoms with van der Waals surface area (Å²) in [7, 11) is 0. The second-order valence-electron chi connectivity index (χ2n) is 5.18. The van der Waals surface area contributed by atoms with Crippen molar-refractivity contribution in [3.05, 3.63) is 33.9 Å². The SMILES string of the molecule is CCC(CCNc1ccc([N+](=O)[O-])cc1C)CCC(=O)O. The number of nitro groups is 1. The summed E-state index contributed by atoms with van der Waals surface area (Å²) < 4.78 is 0. The topological polar surface area (TPSA) is 92.5 Å². The van der Waals surface area contributed by atoms with Crippen LogP contribution < -0.4 is 5.32 Å². The number of aliphatic carboxylic acids is 1. The van der Waals surface area contributed by atoms with Crippen LogP contribution in [0.5, 0.6) is 0 Å². The number of carboxylic acids is 1. The molecule has 0 spiro atoms. The standard InChI is InChI=1S/C15H22N2O4/c1-3-12(4-7-15(18)19)8-9-16-14-6-5-13(17(20)21)10-11(14)2/h5-6,10,12,16H,3-4,7-9H2,1-2H3,(H,18,19). The summed E-state index contributed by atoms with van der Waals surface area (Å²) >= 11 is 0. The molecule has 0 aliphatic rings. The molecule has 0 radical (unpaired) electrons. The monoisotopic (exact) mass is 294 g/mol. The lowest BCUT2D eigenvalue weighted by Crippen LogP contribution is -2.11. The Hall–Kier alpha value is -2.11. The van der Waals surface area contributed by atoms with Gasteiger partial charge in [-0.05, 0) is 37.3 Å². The molecule has 0 heterocycles.